The van der Waals surface area contributed by atoms with Gasteiger partial charge in [0.1, 0.15) is 6.54 Å². The summed E-state index contributed by atoms with van der Waals surface area (Å²) in [5, 5.41) is 4.21. The number of anilines is 1. The molecule has 0 fully saturated rings. The highest BCUT2D eigenvalue weighted by molar-refractivity contribution is 6.35. The second kappa shape index (κ2) is 7.82. The van der Waals surface area contributed by atoms with Crippen LogP contribution in [-0.2, 0) is 11.3 Å². The fourth-order valence-corrected chi connectivity index (χ4v) is 4.04. The number of halogens is 3. The zero-order valence-electron chi connectivity index (χ0n) is 14.4. The molecular weight excluding hydrogens is 470 g/mol. The van der Waals surface area contributed by atoms with E-state index in [9.17, 15) is 4.79 Å². The minimum Gasteiger partial charge on any atom is -1.00 e. The second-order valence-electron chi connectivity index (χ2n) is 7.09. The van der Waals surface area contributed by atoms with Crippen LogP contribution in [0.3, 0.4) is 0 Å². The Labute approximate surface area is 175 Å². The van der Waals surface area contributed by atoms with Crippen LogP contribution in [0.5, 0.6) is 0 Å². The van der Waals surface area contributed by atoms with Gasteiger partial charge in [-0.2, -0.15) is 0 Å². The topological polar surface area (TPSA) is 29.1 Å². The first-order valence-electron chi connectivity index (χ1n) is 7.92. The van der Waals surface area contributed by atoms with E-state index in [1.807, 2.05) is 24.3 Å². The molecule has 1 aliphatic heterocycles. The van der Waals surface area contributed by atoms with E-state index < -0.39 is 0 Å². The number of carbonyl (C=O) groups excluding carboxylic acids is 1. The third-order valence-corrected chi connectivity index (χ3v) is 5.02. The second-order valence-corrected chi connectivity index (χ2v) is 7.93. The van der Waals surface area contributed by atoms with E-state index in [0.29, 0.717) is 5.02 Å². The number of quaternary nitrogens is 1. The molecule has 0 saturated heterocycles. The number of rotatable bonds is 2. The first kappa shape index (κ1) is 20.5. The number of benzene rings is 2. The van der Waals surface area contributed by atoms with Crippen molar-refractivity contribution in [1.29, 1.82) is 0 Å². The number of hydrogen-bond donors (Lipinski definition) is 1. The van der Waals surface area contributed by atoms with Gasteiger partial charge in [-0.25, -0.2) is 0 Å². The summed E-state index contributed by atoms with van der Waals surface area (Å²) in [6.07, 6.45) is 0. The van der Waals surface area contributed by atoms with Gasteiger partial charge < -0.3 is 33.8 Å². The van der Waals surface area contributed by atoms with Gasteiger partial charge in [-0.05, 0) is 35.4 Å². The van der Waals surface area contributed by atoms with Crippen molar-refractivity contribution in [3.63, 3.8) is 0 Å². The third-order valence-electron chi connectivity index (χ3n) is 4.47. The van der Waals surface area contributed by atoms with E-state index in [0.717, 1.165) is 28.3 Å². The first-order chi connectivity index (χ1) is 11.2. The Balaban J connectivity index is 0.00000225. The minimum atomic E-state index is -0.0675. The van der Waals surface area contributed by atoms with Crippen LogP contribution in [-0.4, -0.2) is 31.0 Å². The summed E-state index contributed by atoms with van der Waals surface area (Å²) in [7, 11) is 4.43. The van der Waals surface area contributed by atoms with Gasteiger partial charge >= 0.3 is 0 Å². The number of hydrogen-bond acceptors (Lipinski definition) is 1. The summed E-state index contributed by atoms with van der Waals surface area (Å²) >= 11 is 12.7. The molecule has 0 aliphatic carbocycles. The van der Waals surface area contributed by atoms with Crippen LogP contribution in [0.1, 0.15) is 29.5 Å². The number of nitrogens with one attached hydrogen (secondary N) is 1. The third kappa shape index (κ3) is 4.67. The fraction of sp³-hybridized carbons (Fsp3) is 0.316. The molecule has 0 aromatic heterocycles. The van der Waals surface area contributed by atoms with Crippen molar-refractivity contribution in [3.05, 3.63) is 63.1 Å². The Hall–Kier alpha value is -0.820. The van der Waals surface area contributed by atoms with Crippen molar-refractivity contribution >= 4 is 34.8 Å². The van der Waals surface area contributed by atoms with Gasteiger partial charge in [-0.3, -0.25) is 4.79 Å². The summed E-state index contributed by atoms with van der Waals surface area (Å²) in [4.78, 5) is 11.2. The molecule has 1 unspecified atom stereocenters. The lowest BCUT2D eigenvalue weighted by molar-refractivity contribution is -0.906. The van der Waals surface area contributed by atoms with Gasteiger partial charge in [-0.15, -0.1) is 0 Å². The maximum atomic E-state index is 11.2. The molecule has 1 heterocycles. The van der Waals surface area contributed by atoms with Crippen molar-refractivity contribution in [2.24, 2.45) is 0 Å². The van der Waals surface area contributed by atoms with E-state index in [4.69, 9.17) is 23.2 Å². The van der Waals surface area contributed by atoms with E-state index in [1.54, 1.807) is 0 Å². The average Bonchev–Trinajstić information content (AvgIpc) is 2.47. The molecular formula is C19H21Cl2IN2O. The predicted molar refractivity (Wildman–Crippen MR) is 99.7 cm³/mol. The zero-order chi connectivity index (χ0) is 17.5. The molecule has 1 N–H and O–H groups in total. The molecule has 0 spiro atoms. The molecule has 0 bridgehead atoms. The molecule has 2 aromatic carbocycles. The zero-order valence-corrected chi connectivity index (χ0v) is 18.1. The van der Waals surface area contributed by atoms with Crippen LogP contribution in [0.25, 0.3) is 0 Å². The highest BCUT2D eigenvalue weighted by atomic mass is 127. The molecule has 0 saturated carbocycles. The van der Waals surface area contributed by atoms with Gasteiger partial charge in [0.2, 0.25) is 5.91 Å². The summed E-state index contributed by atoms with van der Waals surface area (Å²) in [6.45, 7) is 3.38. The average molecular weight is 491 g/mol. The summed E-state index contributed by atoms with van der Waals surface area (Å²) < 4.78 is 0.868. The van der Waals surface area contributed by atoms with Crippen LogP contribution in [0.15, 0.2) is 36.4 Å². The van der Waals surface area contributed by atoms with Gasteiger partial charge in [0.05, 0.1) is 31.6 Å². The van der Waals surface area contributed by atoms with Crippen LogP contribution < -0.4 is 29.3 Å². The lowest BCUT2D eigenvalue weighted by atomic mass is 9.83. The van der Waals surface area contributed by atoms with E-state index in [2.05, 4.69) is 31.5 Å². The lowest BCUT2D eigenvalue weighted by Gasteiger charge is -2.40. The lowest BCUT2D eigenvalue weighted by Crippen LogP contribution is -3.00. The highest BCUT2D eigenvalue weighted by Crippen LogP contribution is 2.40. The molecule has 1 aliphatic rings. The van der Waals surface area contributed by atoms with Crippen molar-refractivity contribution in [1.82, 2.24) is 0 Å². The van der Waals surface area contributed by atoms with Crippen molar-refractivity contribution in [2.45, 2.75) is 19.4 Å². The Morgan fingerprint density at radius 1 is 1.16 bits per heavy atom. The molecule has 25 heavy (non-hydrogen) atoms. The Kier molecular flexibility index (Phi) is 6.41. The van der Waals surface area contributed by atoms with E-state index in [1.165, 1.54) is 23.6 Å². The summed E-state index contributed by atoms with van der Waals surface area (Å²) in [5.41, 5.74) is 4.39. The number of nitrogens with zero attached hydrogens (tertiary/aromatic N) is 1. The van der Waals surface area contributed by atoms with Gasteiger partial charge in [0, 0.05) is 23.2 Å². The first-order valence-corrected chi connectivity index (χ1v) is 8.68. The molecule has 0 radical (unpaired) electrons. The van der Waals surface area contributed by atoms with Crippen LogP contribution in [0.2, 0.25) is 10.0 Å². The van der Waals surface area contributed by atoms with Crippen molar-refractivity contribution in [2.75, 3.05) is 26.0 Å². The van der Waals surface area contributed by atoms with Gasteiger partial charge in [0.25, 0.3) is 0 Å². The molecule has 6 heteroatoms. The Bertz CT molecular complexity index is 791. The summed E-state index contributed by atoms with van der Waals surface area (Å²) in [6, 6.07) is 11.9. The molecule has 1 atom stereocenters. The minimum absolute atomic E-state index is 0. The number of carbonyl (C=O) groups is 1. The van der Waals surface area contributed by atoms with Gasteiger partial charge in [0.15, 0.2) is 0 Å². The molecule has 1 amide bonds. The molecule has 3 rings (SSSR count). The number of likely N-dealkylation sites (N-methyl/N-ethyl adjacent to an activating group) is 1. The van der Waals surface area contributed by atoms with Crippen molar-refractivity contribution in [3.8, 4) is 0 Å². The maximum Gasteiger partial charge on any atom is 0.221 e. The van der Waals surface area contributed by atoms with E-state index >= 15 is 0 Å². The number of amides is 1. The Morgan fingerprint density at radius 3 is 2.40 bits per heavy atom. The standard InChI is InChI=1S/C19H20Cl2N2O.HI/c1-12(24)22-15-6-4-13(5-7-15)17-10-23(2,3)11-18-16(17)8-14(20)9-19(18)21;/h4-9,17H,10-11H2,1-3H3;1H. The number of fused-ring (bicyclic) bond motifs is 1. The van der Waals surface area contributed by atoms with Crippen LogP contribution in [0, 0.1) is 0 Å². The Morgan fingerprint density at radius 2 is 1.80 bits per heavy atom. The molecule has 134 valence electrons. The fourth-order valence-electron chi connectivity index (χ4n) is 3.47. The predicted octanol–water partition coefficient (Wildman–Crippen LogP) is 1.68. The largest absolute Gasteiger partial charge is 1.00 e. The monoisotopic (exact) mass is 490 g/mol. The normalized spacial score (nSPS) is 18.0. The summed E-state index contributed by atoms with van der Waals surface area (Å²) in [5.74, 6) is 0.161. The SMILES string of the molecule is CC(=O)Nc1ccc(C2C[N+](C)(C)Cc3c(Cl)cc(Cl)cc32)cc1.[I-]. The van der Waals surface area contributed by atoms with E-state index in [-0.39, 0.29) is 35.8 Å². The highest BCUT2D eigenvalue weighted by Gasteiger charge is 2.34. The molecule has 2 aromatic rings. The van der Waals surface area contributed by atoms with Crippen LogP contribution in [0.4, 0.5) is 5.69 Å². The van der Waals surface area contributed by atoms with Crippen LogP contribution >= 0.6 is 23.2 Å². The quantitative estimate of drug-likeness (QED) is 0.503. The van der Waals surface area contributed by atoms with Gasteiger partial charge in [-0.1, -0.05) is 35.3 Å². The van der Waals surface area contributed by atoms with Crippen molar-refractivity contribution < 1.29 is 33.3 Å². The maximum absolute atomic E-state index is 11.2. The molecule has 3 nitrogen and oxygen atoms in total. The smallest absolute Gasteiger partial charge is 0.221 e.